The number of amides is 1. The van der Waals surface area contributed by atoms with Crippen LogP contribution in [0.1, 0.15) is 48.3 Å². The molecule has 1 spiro atoms. The highest BCUT2D eigenvalue weighted by molar-refractivity contribution is 6.31. The van der Waals surface area contributed by atoms with E-state index in [1.807, 2.05) is 13.1 Å². The number of likely N-dealkylation sites (tertiary alicyclic amines) is 1. The number of piperidine rings is 1. The summed E-state index contributed by atoms with van der Waals surface area (Å²) in [6, 6.07) is 3.85. The van der Waals surface area contributed by atoms with Crippen LogP contribution in [0.2, 0.25) is 5.02 Å². The monoisotopic (exact) mass is 393 g/mol. The van der Waals surface area contributed by atoms with Crippen molar-refractivity contribution >= 4 is 17.5 Å². The van der Waals surface area contributed by atoms with E-state index < -0.39 is 17.5 Å². The number of carbonyl (C=O) groups is 1. The van der Waals surface area contributed by atoms with Crippen LogP contribution in [0.5, 0.6) is 5.75 Å². The van der Waals surface area contributed by atoms with Crippen molar-refractivity contribution in [2.45, 2.75) is 44.4 Å². The Morgan fingerprint density at radius 3 is 2.81 bits per heavy atom. The van der Waals surface area contributed by atoms with E-state index in [-0.39, 0.29) is 16.5 Å². The van der Waals surface area contributed by atoms with Crippen molar-refractivity contribution in [2.24, 2.45) is 0 Å². The van der Waals surface area contributed by atoms with E-state index in [0.717, 1.165) is 0 Å². The van der Waals surface area contributed by atoms with E-state index in [9.17, 15) is 14.3 Å². The molecule has 0 saturated carbocycles. The molecule has 1 amide bonds. The second kappa shape index (κ2) is 6.80. The van der Waals surface area contributed by atoms with Gasteiger partial charge >= 0.3 is 0 Å². The molecule has 6 nitrogen and oxygen atoms in total. The summed E-state index contributed by atoms with van der Waals surface area (Å²) in [6.07, 6.45) is 2.77. The van der Waals surface area contributed by atoms with Crippen LogP contribution in [0.4, 0.5) is 4.39 Å². The molecule has 4 rings (SSSR count). The lowest BCUT2D eigenvalue weighted by Crippen LogP contribution is -2.51. The molecule has 1 fully saturated rings. The minimum atomic E-state index is -0.675. The average molecular weight is 394 g/mol. The van der Waals surface area contributed by atoms with Crippen molar-refractivity contribution in [3.63, 3.8) is 0 Å². The molecular formula is C19H21ClFN3O3. The normalized spacial score (nSPS) is 21.0. The summed E-state index contributed by atoms with van der Waals surface area (Å²) in [7, 11) is 0. The Morgan fingerprint density at radius 2 is 2.15 bits per heavy atom. The quantitative estimate of drug-likeness (QED) is 0.850. The van der Waals surface area contributed by atoms with Crippen LogP contribution < -0.4 is 4.74 Å². The van der Waals surface area contributed by atoms with Crippen LogP contribution in [0.3, 0.4) is 0 Å². The van der Waals surface area contributed by atoms with Crippen molar-refractivity contribution in [1.82, 2.24) is 14.7 Å². The summed E-state index contributed by atoms with van der Waals surface area (Å²) in [5, 5.41) is 15.1. The summed E-state index contributed by atoms with van der Waals surface area (Å²) in [5.74, 6) is -0.159. The molecule has 2 aromatic rings. The van der Waals surface area contributed by atoms with Gasteiger partial charge in [-0.05, 0) is 25.1 Å². The van der Waals surface area contributed by atoms with Crippen molar-refractivity contribution in [1.29, 1.82) is 0 Å². The van der Waals surface area contributed by atoms with Crippen LogP contribution in [0.25, 0.3) is 0 Å². The van der Waals surface area contributed by atoms with Crippen LogP contribution in [0, 0.1) is 5.82 Å². The molecule has 2 aliphatic heterocycles. The lowest BCUT2D eigenvalue weighted by Gasteiger charge is -2.44. The summed E-state index contributed by atoms with van der Waals surface area (Å²) in [5.41, 5.74) is 0.312. The number of aliphatic hydroxyl groups is 1. The molecule has 0 aliphatic carbocycles. The number of rotatable bonds is 2. The molecule has 1 N–H and O–H groups in total. The molecule has 2 aliphatic rings. The number of aryl methyl sites for hydroxylation is 1. The molecule has 1 aromatic carbocycles. The fourth-order valence-corrected chi connectivity index (χ4v) is 4.12. The Kier molecular flexibility index (Phi) is 4.60. The van der Waals surface area contributed by atoms with Gasteiger partial charge < -0.3 is 14.7 Å². The zero-order valence-electron chi connectivity index (χ0n) is 15.0. The van der Waals surface area contributed by atoms with Gasteiger partial charge in [0.1, 0.15) is 23.2 Å². The lowest BCUT2D eigenvalue weighted by atomic mass is 9.83. The maximum absolute atomic E-state index is 13.5. The Labute approximate surface area is 161 Å². The Morgan fingerprint density at radius 1 is 1.41 bits per heavy atom. The highest BCUT2D eigenvalue weighted by atomic mass is 35.5. The second-order valence-corrected chi connectivity index (χ2v) is 7.63. The molecule has 0 bridgehead atoms. The minimum absolute atomic E-state index is 0.200. The number of aliphatic hydroxyl groups excluding tert-OH is 1. The predicted molar refractivity (Wildman–Crippen MR) is 97.4 cm³/mol. The van der Waals surface area contributed by atoms with Gasteiger partial charge in [-0.2, -0.15) is 5.10 Å². The number of hydrogen-bond donors (Lipinski definition) is 1. The first-order chi connectivity index (χ1) is 12.9. The molecule has 1 saturated heterocycles. The number of hydrogen-bond acceptors (Lipinski definition) is 4. The Bertz CT molecular complexity index is 857. The topological polar surface area (TPSA) is 67.6 Å². The van der Waals surface area contributed by atoms with Gasteiger partial charge in [-0.3, -0.25) is 9.48 Å². The van der Waals surface area contributed by atoms with Crippen LogP contribution in [-0.2, 0) is 6.54 Å². The molecule has 144 valence electrons. The van der Waals surface area contributed by atoms with E-state index in [2.05, 4.69) is 5.10 Å². The van der Waals surface area contributed by atoms with Crippen LogP contribution in [-0.4, -0.2) is 44.4 Å². The smallest absolute Gasteiger partial charge is 0.254 e. The van der Waals surface area contributed by atoms with Crippen LogP contribution in [0.15, 0.2) is 24.4 Å². The molecule has 1 unspecified atom stereocenters. The Balaban J connectivity index is 1.48. The van der Waals surface area contributed by atoms with Gasteiger partial charge in [0.15, 0.2) is 5.75 Å². The number of ether oxygens (including phenoxy) is 1. The number of carbonyl (C=O) groups excluding carboxylic acids is 1. The summed E-state index contributed by atoms with van der Waals surface area (Å²) in [6.45, 7) is 3.62. The average Bonchev–Trinajstić information content (AvgIpc) is 3.04. The largest absolute Gasteiger partial charge is 0.483 e. The zero-order valence-corrected chi connectivity index (χ0v) is 15.7. The molecule has 3 heterocycles. The van der Waals surface area contributed by atoms with Gasteiger partial charge in [0.2, 0.25) is 0 Å². The zero-order chi connectivity index (χ0) is 19.2. The second-order valence-electron chi connectivity index (χ2n) is 7.19. The third kappa shape index (κ3) is 3.41. The van der Waals surface area contributed by atoms with Gasteiger partial charge in [-0.15, -0.1) is 0 Å². The van der Waals surface area contributed by atoms with E-state index in [4.69, 9.17) is 16.3 Å². The number of halogens is 2. The SMILES string of the molecule is CCn1cc2c(n1)C(O)CC1(CCN(C(=O)c3cc(F)cc(Cl)c3)CC1)O2. The van der Waals surface area contributed by atoms with E-state index in [1.165, 1.54) is 18.2 Å². The molecule has 1 aromatic heterocycles. The van der Waals surface area contributed by atoms with E-state index >= 15 is 0 Å². The molecule has 1 atom stereocenters. The highest BCUT2D eigenvalue weighted by Gasteiger charge is 2.45. The Hall–Kier alpha value is -2.12. The van der Waals surface area contributed by atoms with E-state index in [0.29, 0.717) is 50.3 Å². The molecule has 0 radical (unpaired) electrons. The minimum Gasteiger partial charge on any atom is -0.483 e. The summed E-state index contributed by atoms with van der Waals surface area (Å²) < 4.78 is 21.5. The van der Waals surface area contributed by atoms with Gasteiger partial charge in [-0.1, -0.05) is 11.6 Å². The van der Waals surface area contributed by atoms with Crippen molar-refractivity contribution in [3.05, 3.63) is 46.5 Å². The molecule has 27 heavy (non-hydrogen) atoms. The van der Waals surface area contributed by atoms with Crippen molar-refractivity contribution in [2.75, 3.05) is 13.1 Å². The highest BCUT2D eigenvalue weighted by Crippen LogP contribution is 2.43. The summed E-state index contributed by atoms with van der Waals surface area (Å²) >= 11 is 5.86. The fourth-order valence-electron chi connectivity index (χ4n) is 3.90. The first-order valence-electron chi connectivity index (χ1n) is 9.09. The number of benzene rings is 1. The predicted octanol–water partition coefficient (Wildman–Crippen LogP) is 3.19. The molecule has 8 heteroatoms. The van der Waals surface area contributed by atoms with Gasteiger partial charge in [0, 0.05) is 49.5 Å². The van der Waals surface area contributed by atoms with Crippen molar-refractivity contribution in [3.8, 4) is 5.75 Å². The maximum atomic E-state index is 13.5. The first kappa shape index (κ1) is 18.3. The maximum Gasteiger partial charge on any atom is 0.254 e. The van der Waals surface area contributed by atoms with Crippen LogP contribution >= 0.6 is 11.6 Å². The fraction of sp³-hybridized carbons (Fsp3) is 0.474. The van der Waals surface area contributed by atoms with Crippen molar-refractivity contribution < 1.29 is 19.0 Å². The number of nitrogens with zero attached hydrogens (tertiary/aromatic N) is 3. The van der Waals surface area contributed by atoms with Gasteiger partial charge in [0.25, 0.3) is 5.91 Å². The van der Waals surface area contributed by atoms with Gasteiger partial charge in [-0.25, -0.2) is 4.39 Å². The third-order valence-electron chi connectivity index (χ3n) is 5.36. The lowest BCUT2D eigenvalue weighted by molar-refractivity contribution is -0.0504. The first-order valence-corrected chi connectivity index (χ1v) is 9.47. The number of aromatic nitrogens is 2. The van der Waals surface area contributed by atoms with Gasteiger partial charge in [0.05, 0.1) is 6.20 Å². The molecular weight excluding hydrogens is 373 g/mol. The summed E-state index contributed by atoms with van der Waals surface area (Å²) in [4.78, 5) is 14.4. The third-order valence-corrected chi connectivity index (χ3v) is 5.58. The number of fused-ring (bicyclic) bond motifs is 1. The standard InChI is InChI=1S/C19H21ClFN3O3/c1-2-24-11-16-17(22-24)15(25)10-19(27-16)3-5-23(6-4-19)18(26)12-7-13(20)9-14(21)8-12/h7-9,11,15,25H,2-6,10H2,1H3. The van der Waals surface area contributed by atoms with E-state index in [1.54, 1.807) is 9.58 Å².